The van der Waals surface area contributed by atoms with Crippen LogP contribution in [0.15, 0.2) is 82.5 Å². The summed E-state index contributed by atoms with van der Waals surface area (Å²) in [6.45, 7) is 1.36. The van der Waals surface area contributed by atoms with Crippen molar-refractivity contribution in [1.82, 2.24) is 9.38 Å². The number of hydrogen-bond acceptors (Lipinski definition) is 7. The molecular formula is C24H17N3O5S2. The highest BCUT2D eigenvalue weighted by atomic mass is 32.2. The number of aromatic nitrogens is 2. The monoisotopic (exact) mass is 491 g/mol. The molecule has 0 unspecified atom stereocenters. The van der Waals surface area contributed by atoms with Crippen molar-refractivity contribution in [2.45, 2.75) is 11.8 Å². The van der Waals surface area contributed by atoms with Crippen LogP contribution >= 0.6 is 11.3 Å². The van der Waals surface area contributed by atoms with E-state index < -0.39 is 10.1 Å². The van der Waals surface area contributed by atoms with Gasteiger partial charge in [0, 0.05) is 12.6 Å². The Morgan fingerprint density at radius 1 is 1.06 bits per heavy atom. The number of nitrogens with zero attached hydrogens (tertiary/aromatic N) is 2. The van der Waals surface area contributed by atoms with Gasteiger partial charge < -0.3 is 9.50 Å². The number of imidazole rings is 1. The van der Waals surface area contributed by atoms with Crippen LogP contribution in [0.4, 0.5) is 5.69 Å². The minimum Gasteiger partial charge on any atom is -0.379 e. The van der Waals surface area contributed by atoms with Gasteiger partial charge >= 0.3 is 10.1 Å². The van der Waals surface area contributed by atoms with Crippen LogP contribution in [0.2, 0.25) is 0 Å². The van der Waals surface area contributed by atoms with Gasteiger partial charge in [-0.05, 0) is 60.2 Å². The number of rotatable bonds is 5. The van der Waals surface area contributed by atoms with E-state index in [1.807, 2.05) is 24.3 Å². The Kier molecular flexibility index (Phi) is 5.39. The van der Waals surface area contributed by atoms with Crippen LogP contribution in [0.25, 0.3) is 22.1 Å². The summed E-state index contributed by atoms with van der Waals surface area (Å²) in [5.41, 5.74) is 2.40. The Bertz CT molecular complexity index is 1770. The van der Waals surface area contributed by atoms with Gasteiger partial charge in [0.1, 0.15) is 10.6 Å². The van der Waals surface area contributed by atoms with Gasteiger partial charge in [-0.2, -0.15) is 8.42 Å². The number of para-hydroxylation sites is 2. The molecule has 10 heteroatoms. The zero-order valence-electron chi connectivity index (χ0n) is 17.8. The summed E-state index contributed by atoms with van der Waals surface area (Å²) in [4.78, 5) is 29.1. The molecule has 0 saturated heterocycles. The lowest BCUT2D eigenvalue weighted by molar-refractivity contribution is -0.114. The van der Waals surface area contributed by atoms with E-state index in [0.717, 1.165) is 11.0 Å². The predicted octanol–water partition coefficient (Wildman–Crippen LogP) is 3.18. The smallest absolute Gasteiger partial charge is 0.339 e. The molecule has 34 heavy (non-hydrogen) atoms. The largest absolute Gasteiger partial charge is 0.379 e. The first-order valence-corrected chi connectivity index (χ1v) is 12.4. The van der Waals surface area contributed by atoms with E-state index in [-0.39, 0.29) is 22.1 Å². The van der Waals surface area contributed by atoms with Gasteiger partial charge in [0.05, 0.1) is 15.6 Å². The average Bonchev–Trinajstić information content (AvgIpc) is 3.30. The second-order valence-electron chi connectivity index (χ2n) is 7.45. The summed E-state index contributed by atoms with van der Waals surface area (Å²) in [5, 5.41) is 2.58. The highest BCUT2D eigenvalue weighted by molar-refractivity contribution is 7.87. The minimum atomic E-state index is -4.09. The van der Waals surface area contributed by atoms with Crippen molar-refractivity contribution in [3.63, 3.8) is 0 Å². The summed E-state index contributed by atoms with van der Waals surface area (Å²) in [7, 11) is -4.09. The van der Waals surface area contributed by atoms with Crippen molar-refractivity contribution in [3.8, 4) is 5.75 Å². The molecule has 8 nitrogen and oxygen atoms in total. The van der Waals surface area contributed by atoms with E-state index in [1.165, 1.54) is 48.6 Å². The zero-order valence-corrected chi connectivity index (χ0v) is 19.4. The summed E-state index contributed by atoms with van der Waals surface area (Å²) in [6.07, 6.45) is 1.68. The summed E-state index contributed by atoms with van der Waals surface area (Å²) in [6, 6.07) is 19.6. The molecule has 0 saturated carbocycles. The number of hydrogen-bond donors (Lipinski definition) is 1. The summed E-state index contributed by atoms with van der Waals surface area (Å²) in [5.74, 6) is -0.146. The van der Waals surface area contributed by atoms with Crippen molar-refractivity contribution in [2.24, 2.45) is 0 Å². The maximum atomic E-state index is 12.9. The van der Waals surface area contributed by atoms with E-state index in [1.54, 1.807) is 28.7 Å². The normalized spacial score (nSPS) is 12.3. The minimum absolute atomic E-state index is 0.0517. The second kappa shape index (κ2) is 8.40. The van der Waals surface area contributed by atoms with E-state index >= 15 is 0 Å². The van der Waals surface area contributed by atoms with Crippen LogP contribution in [0.3, 0.4) is 0 Å². The fraction of sp³-hybridized carbons (Fsp3) is 0.0417. The molecule has 0 fully saturated rings. The molecule has 2 aromatic heterocycles. The first-order chi connectivity index (χ1) is 16.3. The molecule has 1 amide bonds. The van der Waals surface area contributed by atoms with Gasteiger partial charge in [-0.3, -0.25) is 9.59 Å². The summed E-state index contributed by atoms with van der Waals surface area (Å²) >= 11 is 1.26. The molecule has 0 atom stereocenters. The maximum Gasteiger partial charge on any atom is 0.339 e. The van der Waals surface area contributed by atoms with Crippen LogP contribution < -0.4 is 19.6 Å². The molecule has 0 aliphatic heterocycles. The number of nitrogens with one attached hydrogen (secondary N) is 1. The second-order valence-corrected chi connectivity index (χ2v) is 10.0. The fourth-order valence-corrected chi connectivity index (χ4v) is 5.41. The number of benzene rings is 3. The van der Waals surface area contributed by atoms with Crippen molar-refractivity contribution in [1.29, 1.82) is 0 Å². The van der Waals surface area contributed by atoms with Crippen LogP contribution in [0, 0.1) is 0 Å². The van der Waals surface area contributed by atoms with Gasteiger partial charge in [-0.1, -0.05) is 35.6 Å². The third kappa shape index (κ3) is 4.16. The fourth-order valence-electron chi connectivity index (χ4n) is 3.50. The Morgan fingerprint density at radius 3 is 2.59 bits per heavy atom. The molecule has 5 aromatic rings. The lowest BCUT2D eigenvalue weighted by atomic mass is 10.2. The standard InChI is InChI=1S/C24H17N3O5S2/c1-15(28)25-17-9-11-19(12-10-17)34(30,31)32-18-6-4-5-16(13-18)14-22-23(29)27-21-8-3-2-7-20(21)26-24(27)33-22/h2-14H,1H3,(H,25,28)/b22-14+. The first kappa shape index (κ1) is 21.8. The number of carbonyl (C=O) groups excluding carboxylic acids is 1. The van der Waals surface area contributed by atoms with Crippen LogP contribution in [0.1, 0.15) is 12.5 Å². The van der Waals surface area contributed by atoms with Crippen LogP contribution in [-0.2, 0) is 14.9 Å². The maximum absolute atomic E-state index is 12.9. The molecule has 0 radical (unpaired) electrons. The zero-order chi connectivity index (χ0) is 23.9. The van der Waals surface area contributed by atoms with Crippen LogP contribution in [-0.4, -0.2) is 23.7 Å². The van der Waals surface area contributed by atoms with Crippen molar-refractivity contribution >= 4 is 55.1 Å². The Labute approximate surface area is 197 Å². The average molecular weight is 492 g/mol. The Morgan fingerprint density at radius 2 is 1.82 bits per heavy atom. The van der Waals surface area contributed by atoms with Gasteiger partial charge in [-0.15, -0.1) is 0 Å². The quantitative estimate of drug-likeness (QED) is 0.379. The third-order valence-corrected chi connectivity index (χ3v) is 7.20. The molecule has 0 aliphatic carbocycles. The third-order valence-electron chi connectivity index (χ3n) is 4.97. The van der Waals surface area contributed by atoms with Crippen molar-refractivity contribution in [3.05, 3.63) is 93.2 Å². The van der Waals surface area contributed by atoms with Gasteiger partial charge in [0.25, 0.3) is 5.56 Å². The molecular weight excluding hydrogens is 474 g/mol. The molecule has 0 spiro atoms. The Hall–Kier alpha value is -4.02. The van der Waals surface area contributed by atoms with Crippen LogP contribution in [0.5, 0.6) is 5.75 Å². The van der Waals surface area contributed by atoms with Gasteiger partial charge in [0.15, 0.2) is 4.96 Å². The molecule has 0 aliphatic rings. The lowest BCUT2D eigenvalue weighted by Crippen LogP contribution is -2.22. The number of amides is 1. The van der Waals surface area contributed by atoms with Gasteiger partial charge in [0.2, 0.25) is 5.91 Å². The SMILES string of the molecule is CC(=O)Nc1ccc(S(=O)(=O)Oc2cccc(/C=c3/sc4nc5ccccc5n4c3=O)c2)cc1. The van der Waals surface area contributed by atoms with E-state index in [4.69, 9.17) is 4.18 Å². The van der Waals surface area contributed by atoms with E-state index in [0.29, 0.717) is 20.7 Å². The highest BCUT2D eigenvalue weighted by Gasteiger charge is 2.17. The molecule has 1 N–H and O–H groups in total. The molecule has 3 aromatic carbocycles. The number of thiazole rings is 1. The molecule has 5 rings (SSSR count). The Balaban J connectivity index is 1.45. The lowest BCUT2D eigenvalue weighted by Gasteiger charge is -2.08. The summed E-state index contributed by atoms with van der Waals surface area (Å²) < 4.78 is 32.7. The van der Waals surface area contributed by atoms with Crippen molar-refractivity contribution < 1.29 is 17.4 Å². The van der Waals surface area contributed by atoms with Crippen molar-refractivity contribution in [2.75, 3.05) is 5.32 Å². The van der Waals surface area contributed by atoms with E-state index in [9.17, 15) is 18.0 Å². The molecule has 170 valence electrons. The van der Waals surface area contributed by atoms with Gasteiger partial charge in [-0.25, -0.2) is 9.38 Å². The topological polar surface area (TPSA) is 107 Å². The molecule has 2 heterocycles. The number of carbonyl (C=O) groups is 1. The highest BCUT2D eigenvalue weighted by Crippen LogP contribution is 2.22. The van der Waals surface area contributed by atoms with E-state index in [2.05, 4.69) is 10.3 Å². The number of fused-ring (bicyclic) bond motifs is 3. The predicted molar refractivity (Wildman–Crippen MR) is 131 cm³/mol. The first-order valence-electron chi connectivity index (χ1n) is 10.1. The number of anilines is 1. The molecule has 0 bridgehead atoms.